The lowest BCUT2D eigenvalue weighted by Gasteiger charge is -1.99. The minimum atomic E-state index is 0.465. The van der Waals surface area contributed by atoms with Crippen LogP contribution < -0.4 is 0 Å². The van der Waals surface area contributed by atoms with Crippen LogP contribution in [0.15, 0.2) is 34.1 Å². The Labute approximate surface area is 114 Å². The van der Waals surface area contributed by atoms with Crippen molar-refractivity contribution in [1.82, 2.24) is 4.98 Å². The summed E-state index contributed by atoms with van der Waals surface area (Å²) in [6.45, 7) is 4.63. The predicted octanol–water partition coefficient (Wildman–Crippen LogP) is 5.09. The van der Waals surface area contributed by atoms with Crippen molar-refractivity contribution in [3.05, 3.63) is 39.1 Å². The zero-order chi connectivity index (χ0) is 12.0. The first kappa shape index (κ1) is 11.4. The molecule has 0 saturated heterocycles. The highest BCUT2D eigenvalue weighted by atomic mass is 79.9. The SMILES string of the molecule is CC1(C)CC1c1nc(-c2cccc(Br)c2)cs1. The Morgan fingerprint density at radius 1 is 1.41 bits per heavy atom. The highest BCUT2D eigenvalue weighted by Crippen LogP contribution is 2.59. The lowest BCUT2D eigenvalue weighted by molar-refractivity contribution is 0.620. The number of halogens is 1. The second-order valence-corrected chi connectivity index (χ2v) is 7.13. The monoisotopic (exact) mass is 307 g/mol. The predicted molar refractivity (Wildman–Crippen MR) is 76.4 cm³/mol. The zero-order valence-corrected chi connectivity index (χ0v) is 12.3. The number of aromatic nitrogens is 1. The molecule has 1 aliphatic carbocycles. The van der Waals surface area contributed by atoms with E-state index in [0.717, 1.165) is 10.2 Å². The van der Waals surface area contributed by atoms with Crippen molar-refractivity contribution in [2.75, 3.05) is 0 Å². The van der Waals surface area contributed by atoms with E-state index in [0.29, 0.717) is 11.3 Å². The third kappa shape index (κ3) is 2.18. The lowest BCUT2D eigenvalue weighted by atomic mass is 10.1. The van der Waals surface area contributed by atoms with Gasteiger partial charge in [0, 0.05) is 21.3 Å². The molecular weight excluding hydrogens is 294 g/mol. The van der Waals surface area contributed by atoms with Gasteiger partial charge in [-0.05, 0) is 24.0 Å². The average molecular weight is 308 g/mol. The third-order valence-electron chi connectivity index (χ3n) is 3.45. The smallest absolute Gasteiger partial charge is 0.0969 e. The molecule has 17 heavy (non-hydrogen) atoms. The van der Waals surface area contributed by atoms with Gasteiger partial charge in [0.25, 0.3) is 0 Å². The average Bonchev–Trinajstić information content (AvgIpc) is 2.76. The molecule has 0 spiro atoms. The Morgan fingerprint density at radius 3 is 2.82 bits per heavy atom. The number of hydrogen-bond donors (Lipinski definition) is 0. The summed E-state index contributed by atoms with van der Waals surface area (Å²) < 4.78 is 1.11. The van der Waals surface area contributed by atoms with Gasteiger partial charge in [-0.2, -0.15) is 0 Å². The molecule has 1 aromatic carbocycles. The van der Waals surface area contributed by atoms with Crippen LogP contribution in [-0.4, -0.2) is 4.98 Å². The van der Waals surface area contributed by atoms with Crippen LogP contribution in [0.2, 0.25) is 0 Å². The van der Waals surface area contributed by atoms with Crippen LogP contribution in [0.1, 0.15) is 31.2 Å². The molecule has 3 heteroatoms. The molecule has 0 N–H and O–H groups in total. The Hall–Kier alpha value is -0.670. The van der Waals surface area contributed by atoms with Crippen LogP contribution in [0.5, 0.6) is 0 Å². The van der Waals surface area contributed by atoms with E-state index in [1.165, 1.54) is 17.0 Å². The number of hydrogen-bond acceptors (Lipinski definition) is 2. The fourth-order valence-corrected chi connectivity index (χ4v) is 3.65. The molecule has 0 amide bonds. The Bertz CT molecular complexity index is 559. The van der Waals surface area contributed by atoms with E-state index in [2.05, 4.69) is 53.4 Å². The maximum Gasteiger partial charge on any atom is 0.0969 e. The Morgan fingerprint density at radius 2 is 2.18 bits per heavy atom. The van der Waals surface area contributed by atoms with Crippen LogP contribution in [0, 0.1) is 5.41 Å². The summed E-state index contributed by atoms with van der Waals surface area (Å²) in [5, 5.41) is 3.47. The van der Waals surface area contributed by atoms with Gasteiger partial charge in [-0.1, -0.05) is 41.9 Å². The Balaban J connectivity index is 1.91. The van der Waals surface area contributed by atoms with Crippen molar-refractivity contribution in [1.29, 1.82) is 0 Å². The molecule has 1 fully saturated rings. The van der Waals surface area contributed by atoms with Crippen LogP contribution in [-0.2, 0) is 0 Å². The molecule has 1 heterocycles. The number of nitrogens with zero attached hydrogens (tertiary/aromatic N) is 1. The molecule has 3 rings (SSSR count). The van der Waals surface area contributed by atoms with Crippen molar-refractivity contribution >= 4 is 27.3 Å². The maximum absolute atomic E-state index is 4.78. The first-order valence-corrected chi connectivity index (χ1v) is 7.45. The molecule has 0 aliphatic heterocycles. The molecule has 88 valence electrons. The molecule has 1 saturated carbocycles. The van der Waals surface area contributed by atoms with Gasteiger partial charge < -0.3 is 0 Å². The number of rotatable bonds is 2. The molecule has 0 bridgehead atoms. The van der Waals surface area contributed by atoms with E-state index in [4.69, 9.17) is 4.98 Å². The van der Waals surface area contributed by atoms with Gasteiger partial charge >= 0.3 is 0 Å². The Kier molecular flexibility index (Phi) is 2.64. The van der Waals surface area contributed by atoms with Crippen LogP contribution in [0.25, 0.3) is 11.3 Å². The summed E-state index contributed by atoms with van der Waals surface area (Å²) in [6.07, 6.45) is 1.28. The fourth-order valence-electron chi connectivity index (χ4n) is 2.12. The van der Waals surface area contributed by atoms with Crippen LogP contribution >= 0.6 is 27.3 Å². The summed E-state index contributed by atoms with van der Waals surface area (Å²) >= 11 is 5.30. The molecular formula is C14H14BrNS. The van der Waals surface area contributed by atoms with E-state index >= 15 is 0 Å². The summed E-state index contributed by atoms with van der Waals surface area (Å²) in [5.41, 5.74) is 2.76. The van der Waals surface area contributed by atoms with Gasteiger partial charge in [0.05, 0.1) is 10.7 Å². The first-order valence-electron chi connectivity index (χ1n) is 5.78. The largest absolute Gasteiger partial charge is 0.241 e. The summed E-state index contributed by atoms with van der Waals surface area (Å²) in [7, 11) is 0. The third-order valence-corrected chi connectivity index (χ3v) is 4.91. The van der Waals surface area contributed by atoms with E-state index in [1.807, 2.05) is 6.07 Å². The van der Waals surface area contributed by atoms with Crippen molar-refractivity contribution in [2.24, 2.45) is 5.41 Å². The maximum atomic E-state index is 4.78. The number of thiazole rings is 1. The van der Waals surface area contributed by atoms with Gasteiger partial charge in [-0.15, -0.1) is 11.3 Å². The standard InChI is InChI=1S/C14H14BrNS/c1-14(2)7-11(14)13-16-12(8-17-13)9-4-3-5-10(15)6-9/h3-6,8,11H,7H2,1-2H3. The molecule has 1 atom stereocenters. The first-order chi connectivity index (χ1) is 8.06. The van der Waals surface area contributed by atoms with Crippen molar-refractivity contribution in [2.45, 2.75) is 26.2 Å². The second-order valence-electron chi connectivity index (χ2n) is 5.33. The fraction of sp³-hybridized carbons (Fsp3) is 0.357. The molecule has 0 radical (unpaired) electrons. The van der Waals surface area contributed by atoms with E-state index in [-0.39, 0.29) is 0 Å². The molecule has 1 aromatic heterocycles. The van der Waals surface area contributed by atoms with Gasteiger partial charge in [-0.25, -0.2) is 4.98 Å². The van der Waals surface area contributed by atoms with Crippen molar-refractivity contribution in [3.63, 3.8) is 0 Å². The molecule has 1 nitrogen and oxygen atoms in total. The normalized spacial score (nSPS) is 21.5. The molecule has 2 aromatic rings. The van der Waals surface area contributed by atoms with Gasteiger partial charge in [0.1, 0.15) is 0 Å². The van der Waals surface area contributed by atoms with E-state index in [9.17, 15) is 0 Å². The minimum Gasteiger partial charge on any atom is -0.241 e. The second kappa shape index (κ2) is 3.92. The highest BCUT2D eigenvalue weighted by Gasteiger charge is 2.48. The topological polar surface area (TPSA) is 12.9 Å². The summed E-state index contributed by atoms with van der Waals surface area (Å²) in [4.78, 5) is 4.78. The molecule has 1 unspecified atom stereocenters. The van der Waals surface area contributed by atoms with Crippen LogP contribution in [0.4, 0.5) is 0 Å². The quantitative estimate of drug-likeness (QED) is 0.753. The minimum absolute atomic E-state index is 0.465. The zero-order valence-electron chi connectivity index (χ0n) is 9.90. The summed E-state index contributed by atoms with van der Waals surface area (Å²) in [6, 6.07) is 8.33. The van der Waals surface area contributed by atoms with Crippen molar-refractivity contribution < 1.29 is 0 Å². The van der Waals surface area contributed by atoms with Gasteiger partial charge in [0.15, 0.2) is 0 Å². The van der Waals surface area contributed by atoms with Crippen molar-refractivity contribution in [3.8, 4) is 11.3 Å². The van der Waals surface area contributed by atoms with Crippen LogP contribution in [0.3, 0.4) is 0 Å². The highest BCUT2D eigenvalue weighted by molar-refractivity contribution is 9.10. The van der Waals surface area contributed by atoms with E-state index < -0.39 is 0 Å². The van der Waals surface area contributed by atoms with Gasteiger partial charge in [-0.3, -0.25) is 0 Å². The van der Waals surface area contributed by atoms with Gasteiger partial charge in [0.2, 0.25) is 0 Å². The van der Waals surface area contributed by atoms with E-state index in [1.54, 1.807) is 11.3 Å². The summed E-state index contributed by atoms with van der Waals surface area (Å²) in [5.74, 6) is 0.674. The lowest BCUT2D eigenvalue weighted by Crippen LogP contribution is -1.89. The number of benzene rings is 1. The molecule has 1 aliphatic rings.